The number of hydrogen-bond acceptors (Lipinski definition) is 2. The first-order valence-corrected chi connectivity index (χ1v) is 0.600. The smallest absolute Gasteiger partial charge is 0.0606 e. The average Bonchev–Trinajstić information content (AvgIpc) is 1.37. The molecule has 0 atom stereocenters. The molecular formula is H2N2NaO2. The van der Waals surface area contributed by atoms with Gasteiger partial charge in [-0.25, -0.2) is 0 Å². The van der Waals surface area contributed by atoms with Crippen LogP contribution in [0.3, 0.4) is 0 Å². The maximum absolute atomic E-state index is 7.08. The summed E-state index contributed by atoms with van der Waals surface area (Å²) in [6, 6.07) is 0. The van der Waals surface area contributed by atoms with Gasteiger partial charge in [0.05, 0.1) is 10.6 Å². The molecule has 1 radical (unpaired) electrons. The molecule has 0 heterocycles. The summed E-state index contributed by atoms with van der Waals surface area (Å²) < 4.78 is 0. The van der Waals surface area contributed by atoms with Gasteiger partial charge in [-0.3, -0.25) is 0 Å². The first kappa shape index (κ1) is 8.96. The zero-order valence-corrected chi connectivity index (χ0v) is 4.79. The Morgan fingerprint density at radius 2 is 1.20 bits per heavy atom. The second kappa shape index (κ2) is 8.89. The summed E-state index contributed by atoms with van der Waals surface area (Å²) in [7, 11) is 0. The predicted octanol–water partition coefficient (Wildman–Crippen LogP) is -0.164. The molecule has 0 spiro atoms. The van der Waals surface area contributed by atoms with Crippen molar-refractivity contribution in [3.05, 3.63) is 0 Å². The van der Waals surface area contributed by atoms with Crippen LogP contribution in [0.2, 0.25) is 0 Å². The zero-order valence-electron chi connectivity index (χ0n) is 2.79. The molecule has 0 aliphatic rings. The van der Waals surface area contributed by atoms with Crippen molar-refractivity contribution < 1.29 is 10.4 Å². The molecule has 25 valence electrons. The zero-order chi connectivity index (χ0) is 3.41. The molecule has 5 heteroatoms. The molecule has 0 aromatic heterocycles. The van der Waals surface area contributed by atoms with Gasteiger partial charge in [-0.1, -0.05) is 0 Å². The number of rotatable bonds is 0. The Bertz CT molecular complexity index is 22.8. The van der Waals surface area contributed by atoms with Crippen molar-refractivity contribution in [2.75, 3.05) is 0 Å². The van der Waals surface area contributed by atoms with Gasteiger partial charge in [-0.2, -0.15) is 0 Å². The minimum atomic E-state index is 0. The van der Waals surface area contributed by atoms with E-state index in [1.54, 1.807) is 0 Å². The van der Waals surface area contributed by atoms with E-state index in [-0.39, 0.29) is 29.6 Å². The fourth-order valence-corrected chi connectivity index (χ4v) is 0. The molecule has 0 bridgehead atoms. The summed E-state index contributed by atoms with van der Waals surface area (Å²) >= 11 is 0. The van der Waals surface area contributed by atoms with Gasteiger partial charge < -0.3 is 10.4 Å². The Morgan fingerprint density at radius 3 is 1.20 bits per heavy atom. The van der Waals surface area contributed by atoms with E-state index in [2.05, 4.69) is 0 Å². The van der Waals surface area contributed by atoms with E-state index in [1.165, 1.54) is 0 Å². The van der Waals surface area contributed by atoms with E-state index in [4.69, 9.17) is 10.4 Å². The van der Waals surface area contributed by atoms with Crippen LogP contribution in [0.4, 0.5) is 0 Å². The summed E-state index contributed by atoms with van der Waals surface area (Å²) in [5, 5.41) is 18.0. The second-order valence-corrected chi connectivity index (χ2v) is 0.179. The normalized spacial score (nSPS) is 7.20. The van der Waals surface area contributed by atoms with Crippen LogP contribution in [0.1, 0.15) is 0 Å². The van der Waals surface area contributed by atoms with Crippen LogP contribution in [0.25, 0.3) is 0 Å². The molecule has 0 fully saturated rings. The van der Waals surface area contributed by atoms with Gasteiger partial charge in [-0.15, -0.1) is 0 Å². The minimum Gasteiger partial charge on any atom is -0.392 e. The van der Waals surface area contributed by atoms with Crippen molar-refractivity contribution in [3.8, 4) is 0 Å². The van der Waals surface area contributed by atoms with Gasteiger partial charge in [0.1, 0.15) is 0 Å². The summed E-state index contributed by atoms with van der Waals surface area (Å²) in [5.74, 6) is 0. The van der Waals surface area contributed by atoms with Crippen molar-refractivity contribution in [1.82, 2.24) is 0 Å². The molecule has 0 rings (SSSR count). The molecule has 5 heavy (non-hydrogen) atoms. The van der Waals surface area contributed by atoms with Crippen LogP contribution in [0.5, 0.6) is 0 Å². The van der Waals surface area contributed by atoms with Crippen LogP contribution in [0.15, 0.2) is 10.6 Å². The van der Waals surface area contributed by atoms with Crippen molar-refractivity contribution >= 4 is 29.6 Å². The van der Waals surface area contributed by atoms with Gasteiger partial charge >= 0.3 is 0 Å². The minimum absolute atomic E-state index is 0. The SMILES string of the molecule is ON=NO.[Na]. The molecule has 0 unspecified atom stereocenters. The first-order chi connectivity index (χ1) is 1.91. The molecule has 4 nitrogen and oxygen atoms in total. The van der Waals surface area contributed by atoms with E-state index >= 15 is 0 Å². The third-order valence-electron chi connectivity index (χ3n) is 0.0400. The molecule has 0 saturated carbocycles. The number of hydrogen-bond donors (Lipinski definition) is 2. The van der Waals surface area contributed by atoms with Crippen molar-refractivity contribution in [2.45, 2.75) is 0 Å². The first-order valence-electron chi connectivity index (χ1n) is 0.600. The van der Waals surface area contributed by atoms with E-state index < -0.39 is 0 Å². The van der Waals surface area contributed by atoms with Crippen LogP contribution in [0, 0.1) is 0 Å². The quantitative estimate of drug-likeness (QED) is 0.244. The molecule has 0 aromatic carbocycles. The van der Waals surface area contributed by atoms with Gasteiger partial charge in [0, 0.05) is 29.6 Å². The van der Waals surface area contributed by atoms with Crippen LogP contribution in [-0.4, -0.2) is 40.0 Å². The third kappa shape index (κ3) is 14.1. The average molecular weight is 85.0 g/mol. The fraction of sp³-hybridized carbons (Fsp3) is 0. The molecule has 0 aliphatic carbocycles. The van der Waals surface area contributed by atoms with Gasteiger partial charge in [0.2, 0.25) is 0 Å². The molecule has 0 aromatic rings. The van der Waals surface area contributed by atoms with Crippen LogP contribution < -0.4 is 0 Å². The van der Waals surface area contributed by atoms with Gasteiger partial charge in [-0.05, 0) is 0 Å². The van der Waals surface area contributed by atoms with Gasteiger partial charge in [0.15, 0.2) is 0 Å². The molecule has 0 saturated heterocycles. The Labute approximate surface area is 50.7 Å². The number of nitrogens with zero attached hydrogens (tertiary/aromatic N) is 2. The molecule has 0 aliphatic heterocycles. The maximum Gasteiger partial charge on any atom is 0.0606 e. The monoisotopic (exact) mass is 85.0 g/mol. The van der Waals surface area contributed by atoms with Crippen molar-refractivity contribution in [3.63, 3.8) is 0 Å². The maximum atomic E-state index is 7.08. The molecular weight excluding hydrogens is 83.0 g/mol. The van der Waals surface area contributed by atoms with Crippen molar-refractivity contribution in [1.29, 1.82) is 0 Å². The van der Waals surface area contributed by atoms with Crippen LogP contribution in [-0.2, 0) is 0 Å². The molecule has 0 amide bonds. The fourth-order valence-electron chi connectivity index (χ4n) is 0. The van der Waals surface area contributed by atoms with Crippen molar-refractivity contribution in [2.24, 2.45) is 10.6 Å². The standard InChI is InChI=1S/H2N2O2.Na/c3-1-2-4;/h(H,1,4)(H,2,3);. The summed E-state index contributed by atoms with van der Waals surface area (Å²) in [5.41, 5.74) is 0. The summed E-state index contributed by atoms with van der Waals surface area (Å²) in [6.07, 6.45) is 0. The van der Waals surface area contributed by atoms with Crippen LogP contribution >= 0.6 is 0 Å². The van der Waals surface area contributed by atoms with Gasteiger partial charge in [0.25, 0.3) is 0 Å². The Kier molecular flexibility index (Phi) is 15.9. The third-order valence-corrected chi connectivity index (χ3v) is 0.0400. The van der Waals surface area contributed by atoms with E-state index in [9.17, 15) is 0 Å². The second-order valence-electron chi connectivity index (χ2n) is 0.179. The van der Waals surface area contributed by atoms with E-state index in [1.807, 2.05) is 10.6 Å². The Hall–Kier alpha value is 0.200. The summed E-state index contributed by atoms with van der Waals surface area (Å²) in [6.45, 7) is 0. The topological polar surface area (TPSA) is 65.2 Å². The van der Waals surface area contributed by atoms with E-state index in [0.29, 0.717) is 0 Å². The van der Waals surface area contributed by atoms with E-state index in [0.717, 1.165) is 0 Å². The Balaban J connectivity index is 0. The molecule has 2 N–H and O–H groups in total. The Morgan fingerprint density at radius 1 is 1.00 bits per heavy atom. The predicted molar refractivity (Wildman–Crippen MR) is 14.2 cm³/mol. The largest absolute Gasteiger partial charge is 0.392 e. The summed E-state index contributed by atoms with van der Waals surface area (Å²) in [4.78, 5) is 0.